The summed E-state index contributed by atoms with van der Waals surface area (Å²) in [6.07, 6.45) is 49.8. The van der Waals surface area contributed by atoms with Gasteiger partial charge in [-0.3, -0.25) is 23.2 Å². The highest BCUT2D eigenvalue weighted by molar-refractivity contribution is 7.61. The van der Waals surface area contributed by atoms with Crippen molar-refractivity contribution < 1.29 is 71.4 Å². The van der Waals surface area contributed by atoms with Crippen LogP contribution in [0.3, 0.4) is 0 Å². The van der Waals surface area contributed by atoms with Crippen LogP contribution in [0.1, 0.15) is 116 Å². The maximum Gasteiger partial charge on any atom is 0.481 e. The van der Waals surface area contributed by atoms with Crippen molar-refractivity contribution in [1.29, 1.82) is 0 Å². The topological polar surface area (TPSA) is 286 Å². The van der Waals surface area contributed by atoms with E-state index in [1.54, 1.807) is 18.2 Å². The number of carbonyl (C=O) groups excluding carboxylic acids is 2. The number of aliphatic hydroxyl groups excluding tert-OH is 3. The molecule has 2 heterocycles. The lowest BCUT2D eigenvalue weighted by molar-refractivity contribution is -0.161. The van der Waals surface area contributed by atoms with E-state index < -0.39 is 89.8 Å². The van der Waals surface area contributed by atoms with E-state index in [4.69, 9.17) is 29.0 Å². The molecule has 1 saturated heterocycles. The van der Waals surface area contributed by atoms with Gasteiger partial charge in [-0.2, -0.15) is 9.29 Å². The number of nitrogens with zero attached hydrogens (tertiary/aromatic N) is 2. The second-order valence-corrected chi connectivity index (χ2v) is 20.1. The monoisotopic (exact) mass is 1110 g/mol. The van der Waals surface area contributed by atoms with Crippen LogP contribution in [0.15, 0.2) is 163 Å². The fourth-order valence-corrected chi connectivity index (χ4v) is 8.68. The molecule has 0 amide bonds. The third-order valence-corrected chi connectivity index (χ3v) is 13.1. The minimum Gasteiger partial charge on any atom is -0.462 e. The molecule has 1 fully saturated rings. The Bertz CT molecular complexity index is 2380. The van der Waals surface area contributed by atoms with E-state index in [0.29, 0.717) is 32.1 Å². The van der Waals surface area contributed by atoms with Crippen LogP contribution in [0.5, 0.6) is 0 Å². The molecule has 0 bridgehead atoms. The molecule has 0 spiro atoms. The molecule has 1 aromatic heterocycles. The number of phosphoric ester groups is 2. The molecule has 19 nitrogen and oxygen atoms in total. The van der Waals surface area contributed by atoms with Gasteiger partial charge in [-0.1, -0.05) is 160 Å². The standard InChI is InChI=1S/C56H81N3O16P2/c1-3-5-7-9-11-12-13-14-15-16-17-18-19-20-21-25-28-32-36-40-51(61)70-44-48(73-52(62)41-37-33-29-26-23-22-24-27-31-35-39-47(60)38-34-30-10-8-6-4-2)45-71-76(66,67)75-77(68,69)72-46-49-53(63)54(64)55(74-49)59-43-42-50(57)58-56(59)65/h5-8,11-12,14-15,17-18,20-23,27-35,39,42-43,47-49,53-55,60,63-64H,3-4,9-10,13,16,19,24-26,36-38,40-41,44-46H2,1-2H3,(H,66,67)(H,68,69)(H2,57,58,65)/b7-5-,8-6-,12-11-,15-14-,18-17-,21-20-,23-22-,31-27-,32-28-,33-29-,34-30-,39-35+/t47?,48-,49-,53-,54-,55-/m1/s1. The minimum atomic E-state index is -5.48. The average Bonchev–Trinajstić information content (AvgIpc) is 3.67. The number of aliphatic hydroxyl groups is 3. The third-order valence-electron chi connectivity index (χ3n) is 10.5. The number of nitrogen functional groups attached to an aromatic ring is 1. The summed E-state index contributed by atoms with van der Waals surface area (Å²) in [5, 5.41) is 31.0. The highest BCUT2D eigenvalue weighted by Crippen LogP contribution is 2.60. The summed E-state index contributed by atoms with van der Waals surface area (Å²) < 4.78 is 56.6. The Morgan fingerprint density at radius 2 is 1.16 bits per heavy atom. The SMILES string of the molecule is CC/C=C\C/C=C\C/C=C\C/C=C\C/C=C\C/C=C\CCC(=O)OC[C@H](COP(=O)(O)OP(=O)(O)OC[C@H]1O[C@@H](n2ccc(N)nc2=O)[C@H](O)[C@@H]1O)OC(=O)CC/C=C\C/C=C\C/C=C\C=C\C(O)C/C=C\C/C=C\CC. The fourth-order valence-electron chi connectivity index (χ4n) is 6.56. The van der Waals surface area contributed by atoms with Gasteiger partial charge in [-0.05, 0) is 89.5 Å². The lowest BCUT2D eigenvalue weighted by Gasteiger charge is -2.21. The van der Waals surface area contributed by atoms with Crippen LogP contribution < -0.4 is 11.4 Å². The number of carbonyl (C=O) groups is 2. The fraction of sp³-hybridized carbons (Fsp3) is 0.464. The average molecular weight is 1110 g/mol. The molecule has 2 rings (SSSR count). The maximum atomic E-state index is 12.9. The van der Waals surface area contributed by atoms with E-state index in [1.165, 1.54) is 6.07 Å². The predicted octanol–water partition coefficient (Wildman–Crippen LogP) is 10.1. The molecule has 0 aromatic carbocycles. The van der Waals surface area contributed by atoms with Crippen molar-refractivity contribution in [2.75, 3.05) is 25.6 Å². The molecule has 1 aliphatic heterocycles. The largest absolute Gasteiger partial charge is 0.481 e. The van der Waals surface area contributed by atoms with Crippen molar-refractivity contribution in [3.63, 3.8) is 0 Å². The summed E-state index contributed by atoms with van der Waals surface area (Å²) in [4.78, 5) is 61.9. The van der Waals surface area contributed by atoms with Crippen molar-refractivity contribution in [3.05, 3.63) is 169 Å². The zero-order chi connectivity index (χ0) is 56.4. The molecule has 8 atom stereocenters. The summed E-state index contributed by atoms with van der Waals surface area (Å²) >= 11 is 0. The lowest BCUT2D eigenvalue weighted by atomic mass is 10.1. The number of nitrogens with two attached hydrogens (primary N) is 1. The maximum absolute atomic E-state index is 12.9. The highest BCUT2D eigenvalue weighted by atomic mass is 31.3. The molecule has 426 valence electrons. The van der Waals surface area contributed by atoms with Gasteiger partial charge in [0.1, 0.15) is 30.7 Å². The quantitative estimate of drug-likeness (QED) is 0.0154. The van der Waals surface area contributed by atoms with Gasteiger partial charge in [0.05, 0.1) is 19.3 Å². The predicted molar refractivity (Wildman–Crippen MR) is 299 cm³/mol. The third kappa shape index (κ3) is 34.2. The van der Waals surface area contributed by atoms with Gasteiger partial charge in [-0.25, -0.2) is 13.9 Å². The number of hydrogen-bond donors (Lipinski definition) is 6. The van der Waals surface area contributed by atoms with Crippen LogP contribution in [0.25, 0.3) is 0 Å². The van der Waals surface area contributed by atoms with Crippen LogP contribution in [0.4, 0.5) is 5.82 Å². The number of hydrogen-bond acceptors (Lipinski definition) is 16. The van der Waals surface area contributed by atoms with Crippen LogP contribution in [0, 0.1) is 0 Å². The van der Waals surface area contributed by atoms with Crippen LogP contribution >= 0.6 is 15.6 Å². The zero-order valence-corrected chi connectivity index (χ0v) is 46.1. The molecule has 0 aliphatic carbocycles. The van der Waals surface area contributed by atoms with Crippen molar-refractivity contribution in [3.8, 4) is 0 Å². The molecule has 7 N–H and O–H groups in total. The molecule has 3 unspecified atom stereocenters. The number of allylic oxidation sites excluding steroid dienone is 22. The zero-order valence-electron chi connectivity index (χ0n) is 44.3. The Kier molecular flexibility index (Phi) is 36.6. The van der Waals surface area contributed by atoms with Gasteiger partial charge in [0, 0.05) is 19.0 Å². The smallest absolute Gasteiger partial charge is 0.462 e. The molecular weight excluding hydrogens is 1030 g/mol. The summed E-state index contributed by atoms with van der Waals surface area (Å²) in [5.74, 6) is -1.55. The van der Waals surface area contributed by atoms with E-state index in [1.807, 2.05) is 66.8 Å². The number of ether oxygens (including phenoxy) is 3. The minimum absolute atomic E-state index is 0.0341. The van der Waals surface area contributed by atoms with Gasteiger partial charge >= 0.3 is 33.3 Å². The van der Waals surface area contributed by atoms with Crippen molar-refractivity contribution in [2.24, 2.45) is 0 Å². The summed E-state index contributed by atoms with van der Waals surface area (Å²) in [6.45, 7) is 1.69. The summed E-state index contributed by atoms with van der Waals surface area (Å²) in [6, 6.07) is 1.23. The van der Waals surface area contributed by atoms with Crippen LogP contribution in [0.2, 0.25) is 0 Å². The van der Waals surface area contributed by atoms with Crippen molar-refractivity contribution in [1.82, 2.24) is 9.55 Å². The highest BCUT2D eigenvalue weighted by Gasteiger charge is 2.46. The normalized spacial score (nSPS) is 20.2. The molecule has 1 aromatic rings. The lowest BCUT2D eigenvalue weighted by Crippen LogP contribution is -2.36. The van der Waals surface area contributed by atoms with Gasteiger partial charge < -0.3 is 45.1 Å². The van der Waals surface area contributed by atoms with E-state index in [9.17, 15) is 48.6 Å². The van der Waals surface area contributed by atoms with Gasteiger partial charge in [0.2, 0.25) is 0 Å². The Labute approximate surface area is 453 Å². The van der Waals surface area contributed by atoms with Gasteiger partial charge in [0.25, 0.3) is 0 Å². The number of aromatic nitrogens is 2. The van der Waals surface area contributed by atoms with E-state index >= 15 is 0 Å². The first kappa shape index (κ1) is 67.7. The Balaban J connectivity index is 1.88. The molecule has 77 heavy (non-hydrogen) atoms. The number of phosphoric acid groups is 2. The first-order chi connectivity index (χ1) is 37.1. The van der Waals surface area contributed by atoms with E-state index in [0.717, 1.165) is 55.7 Å². The van der Waals surface area contributed by atoms with Crippen molar-refractivity contribution in [2.45, 2.75) is 147 Å². The molecular formula is C56H81N3O16P2. The summed E-state index contributed by atoms with van der Waals surface area (Å²) in [5.41, 5.74) is 4.57. The molecule has 21 heteroatoms. The van der Waals surface area contributed by atoms with Gasteiger partial charge in [-0.15, -0.1) is 0 Å². The van der Waals surface area contributed by atoms with E-state index in [2.05, 4.69) is 83.9 Å². The Hall–Kier alpha value is -5.40. The van der Waals surface area contributed by atoms with Crippen LogP contribution in [-0.2, 0) is 46.3 Å². The number of esters is 2. The van der Waals surface area contributed by atoms with Gasteiger partial charge in [0.15, 0.2) is 12.3 Å². The number of anilines is 1. The second-order valence-electron chi connectivity index (χ2n) is 17.1. The van der Waals surface area contributed by atoms with Crippen molar-refractivity contribution >= 4 is 33.4 Å². The first-order valence-corrected chi connectivity index (χ1v) is 28.9. The number of rotatable bonds is 40. The first-order valence-electron chi connectivity index (χ1n) is 26.0. The van der Waals surface area contributed by atoms with E-state index in [-0.39, 0.29) is 25.1 Å². The van der Waals surface area contributed by atoms with Crippen LogP contribution in [-0.4, -0.2) is 96.9 Å². The Morgan fingerprint density at radius 1 is 0.675 bits per heavy atom. The Morgan fingerprint density at radius 3 is 1.69 bits per heavy atom. The molecule has 0 saturated carbocycles. The molecule has 0 radical (unpaired) electrons. The summed E-state index contributed by atoms with van der Waals surface area (Å²) in [7, 11) is -11.0. The molecule has 1 aliphatic rings. The second kappa shape index (κ2) is 41.7.